The number of nitrogens with one attached hydrogen (secondary N) is 2. The summed E-state index contributed by atoms with van der Waals surface area (Å²) in [7, 11) is 0. The molecule has 1 aliphatic rings. The molecule has 1 aliphatic heterocycles. The third-order valence-corrected chi connectivity index (χ3v) is 6.96. The van der Waals surface area contributed by atoms with E-state index in [-0.39, 0.29) is 35.8 Å². The van der Waals surface area contributed by atoms with Gasteiger partial charge in [-0.3, -0.25) is 9.59 Å². The molecular formula is C27H34F3N3O2. The van der Waals surface area contributed by atoms with Crippen molar-refractivity contribution in [2.75, 3.05) is 22.1 Å². The first-order valence-electron chi connectivity index (χ1n) is 11.9. The van der Waals surface area contributed by atoms with E-state index in [1.54, 1.807) is 11.8 Å². The number of benzene rings is 2. The highest BCUT2D eigenvalue weighted by molar-refractivity contribution is 6.08. The summed E-state index contributed by atoms with van der Waals surface area (Å²) in [6, 6.07) is 9.11. The van der Waals surface area contributed by atoms with Crippen LogP contribution in [0.3, 0.4) is 0 Å². The van der Waals surface area contributed by atoms with Crippen molar-refractivity contribution >= 4 is 28.9 Å². The fraction of sp³-hybridized carbons (Fsp3) is 0.481. The van der Waals surface area contributed by atoms with Crippen molar-refractivity contribution in [2.24, 2.45) is 17.3 Å². The van der Waals surface area contributed by atoms with Crippen molar-refractivity contribution in [1.29, 1.82) is 0 Å². The first-order valence-corrected chi connectivity index (χ1v) is 11.9. The van der Waals surface area contributed by atoms with Crippen LogP contribution in [-0.2, 0) is 15.8 Å². The van der Waals surface area contributed by atoms with Gasteiger partial charge < -0.3 is 15.5 Å². The van der Waals surface area contributed by atoms with E-state index in [9.17, 15) is 22.8 Å². The van der Waals surface area contributed by atoms with E-state index in [0.29, 0.717) is 0 Å². The zero-order valence-corrected chi connectivity index (χ0v) is 21.3. The lowest BCUT2D eigenvalue weighted by Crippen LogP contribution is -2.46. The van der Waals surface area contributed by atoms with Gasteiger partial charge in [0.2, 0.25) is 11.8 Å². The number of anilines is 3. The van der Waals surface area contributed by atoms with Crippen LogP contribution in [0.1, 0.15) is 51.3 Å². The number of aryl methyl sites for hydroxylation is 2. The van der Waals surface area contributed by atoms with Crippen LogP contribution in [0.2, 0.25) is 0 Å². The van der Waals surface area contributed by atoms with Gasteiger partial charge in [0.15, 0.2) is 0 Å². The SMILES string of the molecule is Cc1cccc(C)c1N1C[C@](C(=O)Nc2cc(NC(C)C)cc(C(F)(F)F)c2)(C(C)C)C(C)C1=O. The van der Waals surface area contributed by atoms with Gasteiger partial charge >= 0.3 is 6.18 Å². The number of para-hydroxylation sites is 1. The molecule has 190 valence electrons. The average Bonchev–Trinajstić information content (AvgIpc) is 2.99. The van der Waals surface area contributed by atoms with E-state index < -0.39 is 29.0 Å². The molecule has 1 fully saturated rings. The molecule has 2 atom stereocenters. The van der Waals surface area contributed by atoms with Crippen molar-refractivity contribution in [3.63, 3.8) is 0 Å². The highest BCUT2D eigenvalue weighted by Gasteiger charge is 2.57. The van der Waals surface area contributed by atoms with Crippen molar-refractivity contribution in [3.05, 3.63) is 53.1 Å². The van der Waals surface area contributed by atoms with Crippen molar-refractivity contribution in [3.8, 4) is 0 Å². The summed E-state index contributed by atoms with van der Waals surface area (Å²) in [5.41, 5.74) is 0.952. The van der Waals surface area contributed by atoms with Gasteiger partial charge in [0, 0.05) is 29.6 Å². The van der Waals surface area contributed by atoms with Crippen LogP contribution < -0.4 is 15.5 Å². The number of alkyl halides is 3. The molecule has 0 saturated carbocycles. The lowest BCUT2D eigenvalue weighted by atomic mass is 9.69. The van der Waals surface area contributed by atoms with Gasteiger partial charge in [-0.15, -0.1) is 0 Å². The summed E-state index contributed by atoms with van der Waals surface area (Å²) in [6.45, 7) is 13.1. The Hall–Kier alpha value is -3.03. The number of hydrogen-bond acceptors (Lipinski definition) is 3. The molecule has 2 N–H and O–H groups in total. The van der Waals surface area contributed by atoms with Gasteiger partial charge in [-0.1, -0.05) is 39.0 Å². The predicted molar refractivity (Wildman–Crippen MR) is 134 cm³/mol. The van der Waals surface area contributed by atoms with E-state index in [2.05, 4.69) is 10.6 Å². The first-order chi connectivity index (χ1) is 16.2. The largest absolute Gasteiger partial charge is 0.416 e. The first kappa shape index (κ1) is 26.6. The minimum atomic E-state index is -4.57. The van der Waals surface area contributed by atoms with Gasteiger partial charge in [-0.25, -0.2) is 0 Å². The maximum atomic E-state index is 13.8. The van der Waals surface area contributed by atoms with Crippen LogP contribution in [0.25, 0.3) is 0 Å². The number of nitrogens with zero attached hydrogens (tertiary/aromatic N) is 1. The van der Waals surface area contributed by atoms with E-state index >= 15 is 0 Å². The monoisotopic (exact) mass is 489 g/mol. The molecule has 0 aliphatic carbocycles. The standard InChI is InChI=1S/C27H34F3N3O2/c1-15(2)26(14-33(24(34)19(26)7)23-17(5)9-8-10-18(23)6)25(35)32-22-12-20(27(28,29)30)11-21(13-22)31-16(3)4/h8-13,15-16,19,31H,14H2,1-7H3,(H,32,35)/t19?,26-/m0/s1. The molecule has 3 rings (SSSR count). The number of carbonyl (C=O) groups is 2. The molecule has 0 aromatic heterocycles. The third-order valence-electron chi connectivity index (χ3n) is 6.96. The Balaban J connectivity index is 2.02. The summed E-state index contributed by atoms with van der Waals surface area (Å²) in [6.07, 6.45) is -4.57. The molecule has 2 aromatic rings. The molecule has 1 unspecified atom stereocenters. The lowest BCUT2D eigenvalue weighted by molar-refractivity contribution is -0.137. The molecule has 0 bridgehead atoms. The molecule has 0 spiro atoms. The van der Waals surface area contributed by atoms with Gasteiger partial charge in [0.1, 0.15) is 0 Å². The van der Waals surface area contributed by atoms with Crippen molar-refractivity contribution in [2.45, 2.75) is 60.7 Å². The smallest absolute Gasteiger partial charge is 0.383 e. The Labute approximate surface area is 205 Å². The second-order valence-electron chi connectivity index (χ2n) is 10.1. The lowest BCUT2D eigenvalue weighted by Gasteiger charge is -2.35. The molecular weight excluding hydrogens is 455 g/mol. The zero-order valence-electron chi connectivity index (χ0n) is 21.3. The molecule has 2 aromatic carbocycles. The third kappa shape index (κ3) is 5.02. The normalized spacial score (nSPS) is 20.6. The average molecular weight is 490 g/mol. The summed E-state index contributed by atoms with van der Waals surface area (Å²) in [5.74, 6) is -1.52. The number of amides is 2. The second-order valence-corrected chi connectivity index (χ2v) is 10.1. The predicted octanol–water partition coefficient (Wildman–Crippen LogP) is 6.41. The van der Waals surface area contributed by atoms with Crippen LogP contribution in [0.4, 0.5) is 30.2 Å². The topological polar surface area (TPSA) is 61.4 Å². The Bertz CT molecular complexity index is 1110. The van der Waals surface area contributed by atoms with Crippen LogP contribution in [0.15, 0.2) is 36.4 Å². The maximum absolute atomic E-state index is 13.8. The summed E-state index contributed by atoms with van der Waals surface area (Å²) in [5, 5.41) is 5.70. The van der Waals surface area contributed by atoms with Crippen LogP contribution >= 0.6 is 0 Å². The minimum absolute atomic E-state index is 0.0400. The van der Waals surface area contributed by atoms with E-state index in [1.165, 1.54) is 6.07 Å². The van der Waals surface area contributed by atoms with E-state index in [4.69, 9.17) is 0 Å². The van der Waals surface area contributed by atoms with Crippen LogP contribution in [0.5, 0.6) is 0 Å². The van der Waals surface area contributed by atoms with Crippen LogP contribution in [0, 0.1) is 31.1 Å². The number of hydrogen-bond donors (Lipinski definition) is 2. The second kappa shape index (κ2) is 9.55. The molecule has 1 heterocycles. The summed E-state index contributed by atoms with van der Waals surface area (Å²) in [4.78, 5) is 28.9. The van der Waals surface area contributed by atoms with E-state index in [0.717, 1.165) is 28.9 Å². The Kier molecular flexibility index (Phi) is 7.25. The maximum Gasteiger partial charge on any atom is 0.416 e. The van der Waals surface area contributed by atoms with Gasteiger partial charge in [0.05, 0.1) is 16.9 Å². The van der Waals surface area contributed by atoms with Gasteiger partial charge in [-0.05, 0) is 62.9 Å². The summed E-state index contributed by atoms with van der Waals surface area (Å²) < 4.78 is 40.7. The fourth-order valence-corrected chi connectivity index (χ4v) is 5.09. The zero-order chi connectivity index (χ0) is 26.3. The van der Waals surface area contributed by atoms with Gasteiger partial charge in [-0.2, -0.15) is 13.2 Å². The molecule has 1 saturated heterocycles. The molecule has 5 nitrogen and oxygen atoms in total. The molecule has 0 radical (unpaired) electrons. The minimum Gasteiger partial charge on any atom is -0.383 e. The molecule has 2 amide bonds. The highest BCUT2D eigenvalue weighted by atomic mass is 19.4. The van der Waals surface area contributed by atoms with Crippen molar-refractivity contribution < 1.29 is 22.8 Å². The number of rotatable bonds is 6. The molecule has 8 heteroatoms. The number of halogens is 3. The molecule has 35 heavy (non-hydrogen) atoms. The van der Waals surface area contributed by atoms with Crippen LogP contribution in [-0.4, -0.2) is 24.4 Å². The Morgan fingerprint density at radius 1 is 1.06 bits per heavy atom. The highest BCUT2D eigenvalue weighted by Crippen LogP contribution is 2.47. The summed E-state index contributed by atoms with van der Waals surface area (Å²) >= 11 is 0. The number of carbonyl (C=O) groups excluding carboxylic acids is 2. The Morgan fingerprint density at radius 3 is 2.14 bits per heavy atom. The fourth-order valence-electron chi connectivity index (χ4n) is 5.09. The quantitative estimate of drug-likeness (QED) is 0.493. The van der Waals surface area contributed by atoms with E-state index in [1.807, 2.05) is 59.7 Å². The Morgan fingerprint density at radius 2 is 1.63 bits per heavy atom. The van der Waals surface area contributed by atoms with Crippen molar-refractivity contribution in [1.82, 2.24) is 0 Å². The van der Waals surface area contributed by atoms with Gasteiger partial charge in [0.25, 0.3) is 0 Å².